The summed E-state index contributed by atoms with van der Waals surface area (Å²) in [4.78, 5) is 24.0. The lowest BCUT2D eigenvalue weighted by molar-refractivity contribution is -0.311. The number of carboxylic acids is 1. The predicted octanol–water partition coefficient (Wildman–Crippen LogP) is -0.653. The van der Waals surface area contributed by atoms with Gasteiger partial charge in [-0.2, -0.15) is 0 Å². The Labute approximate surface area is 111 Å². The van der Waals surface area contributed by atoms with Crippen LogP contribution in [0, 0.1) is 0 Å². The molecule has 1 atom stereocenters. The van der Waals surface area contributed by atoms with E-state index >= 15 is 0 Å². The molecule has 1 saturated heterocycles. The van der Waals surface area contributed by atoms with Crippen molar-refractivity contribution in [2.75, 3.05) is 19.6 Å². The summed E-state index contributed by atoms with van der Waals surface area (Å²) in [5.41, 5.74) is 0.857. The average molecular weight is 263 g/mol. The molecule has 1 N–H and O–H groups in total. The second-order valence-electron chi connectivity index (χ2n) is 4.27. The van der Waals surface area contributed by atoms with E-state index in [9.17, 15) is 14.7 Å². The average Bonchev–Trinajstić information content (AvgIpc) is 2.46. The number of piperazine rings is 1. The van der Waals surface area contributed by atoms with E-state index in [1.54, 1.807) is 0 Å². The molecule has 1 aromatic rings. The number of carbonyl (C=O) groups is 2. The Morgan fingerprint density at radius 2 is 2.11 bits per heavy atom. The van der Waals surface area contributed by atoms with E-state index in [1.165, 1.54) is 4.90 Å². The van der Waals surface area contributed by atoms with E-state index in [0.717, 1.165) is 5.56 Å². The molecular weight excluding hydrogens is 248 g/mol. The number of benzene rings is 1. The van der Waals surface area contributed by atoms with Crippen molar-refractivity contribution in [2.24, 2.45) is 0 Å². The Kier molecular flexibility index (Phi) is 4.35. The van der Waals surface area contributed by atoms with Crippen molar-refractivity contribution >= 4 is 12.1 Å². The standard InChI is InChI=1S/C13H16N2O4/c16-12(17)11-8-14-6-7-15(11)13(18)19-9-10-4-2-1-3-5-10/h1-5,11,14H,6-9H2,(H,16,17)/p-1. The van der Waals surface area contributed by atoms with Crippen molar-refractivity contribution < 1.29 is 19.4 Å². The smallest absolute Gasteiger partial charge is 0.410 e. The number of carboxylic acid groups (broad SMARTS) is 1. The molecule has 2 rings (SSSR count). The molecule has 0 aromatic heterocycles. The highest BCUT2D eigenvalue weighted by atomic mass is 16.6. The number of hydrogen-bond donors (Lipinski definition) is 1. The second kappa shape index (κ2) is 6.19. The molecule has 1 aliphatic rings. The number of ether oxygens (including phenoxy) is 1. The molecule has 1 aliphatic heterocycles. The lowest BCUT2D eigenvalue weighted by atomic mass is 10.2. The van der Waals surface area contributed by atoms with Gasteiger partial charge in [0.1, 0.15) is 6.61 Å². The molecular formula is C13H15N2O4-. The third-order valence-electron chi connectivity index (χ3n) is 2.96. The topological polar surface area (TPSA) is 81.7 Å². The van der Waals surface area contributed by atoms with E-state index in [4.69, 9.17) is 4.74 Å². The summed E-state index contributed by atoms with van der Waals surface area (Å²) in [5.74, 6) is -1.27. The maximum absolute atomic E-state index is 11.9. The Hall–Kier alpha value is -2.08. The summed E-state index contributed by atoms with van der Waals surface area (Å²) < 4.78 is 5.12. The van der Waals surface area contributed by atoms with Gasteiger partial charge < -0.3 is 20.0 Å². The fraction of sp³-hybridized carbons (Fsp3) is 0.385. The lowest BCUT2D eigenvalue weighted by Crippen LogP contribution is -2.60. The molecule has 0 spiro atoms. The molecule has 6 nitrogen and oxygen atoms in total. The predicted molar refractivity (Wildman–Crippen MR) is 65.0 cm³/mol. The van der Waals surface area contributed by atoms with Crippen LogP contribution in [0.1, 0.15) is 5.56 Å². The molecule has 1 fully saturated rings. The fourth-order valence-corrected chi connectivity index (χ4v) is 1.94. The minimum absolute atomic E-state index is 0.128. The Morgan fingerprint density at radius 1 is 1.37 bits per heavy atom. The highest BCUT2D eigenvalue weighted by Gasteiger charge is 2.28. The Bertz CT molecular complexity index is 449. The van der Waals surface area contributed by atoms with Crippen LogP contribution in [0.4, 0.5) is 4.79 Å². The molecule has 19 heavy (non-hydrogen) atoms. The molecule has 1 heterocycles. The number of amides is 1. The summed E-state index contributed by atoms with van der Waals surface area (Å²) in [6.45, 7) is 1.16. The molecule has 0 saturated carbocycles. The van der Waals surface area contributed by atoms with E-state index in [0.29, 0.717) is 13.1 Å². The first-order valence-corrected chi connectivity index (χ1v) is 6.07. The number of nitrogens with one attached hydrogen (secondary N) is 1. The number of rotatable bonds is 3. The van der Waals surface area contributed by atoms with Gasteiger partial charge in [0.25, 0.3) is 0 Å². The minimum Gasteiger partial charge on any atom is -0.548 e. The SMILES string of the molecule is O=C([O-])C1CNCCN1C(=O)OCc1ccccc1. The number of hydrogen-bond acceptors (Lipinski definition) is 5. The van der Waals surface area contributed by atoms with Crippen LogP contribution in [-0.2, 0) is 16.1 Å². The zero-order valence-corrected chi connectivity index (χ0v) is 10.4. The van der Waals surface area contributed by atoms with Gasteiger partial charge in [-0.05, 0) is 5.56 Å². The maximum atomic E-state index is 11.9. The van der Waals surface area contributed by atoms with Crippen LogP contribution in [0.5, 0.6) is 0 Å². The summed E-state index contributed by atoms with van der Waals surface area (Å²) in [7, 11) is 0. The van der Waals surface area contributed by atoms with Crippen molar-refractivity contribution in [3.05, 3.63) is 35.9 Å². The molecule has 1 amide bonds. The quantitative estimate of drug-likeness (QED) is 0.783. The first kappa shape index (κ1) is 13.4. The van der Waals surface area contributed by atoms with Crippen molar-refractivity contribution in [2.45, 2.75) is 12.6 Å². The van der Waals surface area contributed by atoms with Crippen LogP contribution in [0.15, 0.2) is 30.3 Å². The highest BCUT2D eigenvalue weighted by Crippen LogP contribution is 2.08. The lowest BCUT2D eigenvalue weighted by Gasteiger charge is -2.35. The summed E-state index contributed by atoms with van der Waals surface area (Å²) in [5, 5.41) is 13.8. The van der Waals surface area contributed by atoms with Crippen molar-refractivity contribution in [3.63, 3.8) is 0 Å². The molecule has 1 aromatic carbocycles. The number of nitrogens with zero attached hydrogens (tertiary/aromatic N) is 1. The normalized spacial score (nSPS) is 18.9. The highest BCUT2D eigenvalue weighted by molar-refractivity contribution is 5.79. The Morgan fingerprint density at radius 3 is 2.79 bits per heavy atom. The van der Waals surface area contributed by atoms with Crippen LogP contribution in [0.2, 0.25) is 0 Å². The Balaban J connectivity index is 1.93. The maximum Gasteiger partial charge on any atom is 0.410 e. The van der Waals surface area contributed by atoms with Gasteiger partial charge in [0.15, 0.2) is 0 Å². The van der Waals surface area contributed by atoms with E-state index in [2.05, 4.69) is 5.32 Å². The van der Waals surface area contributed by atoms with Crippen LogP contribution in [-0.4, -0.2) is 42.6 Å². The molecule has 1 unspecified atom stereocenters. The monoisotopic (exact) mass is 263 g/mol. The number of aliphatic carboxylic acids is 1. The van der Waals surface area contributed by atoms with Gasteiger partial charge in [-0.3, -0.25) is 4.90 Å². The number of carbonyl (C=O) groups excluding carboxylic acids is 2. The van der Waals surface area contributed by atoms with Crippen LogP contribution in [0.3, 0.4) is 0 Å². The van der Waals surface area contributed by atoms with Gasteiger partial charge in [0, 0.05) is 19.6 Å². The molecule has 0 aliphatic carbocycles. The van der Waals surface area contributed by atoms with Gasteiger partial charge in [0.05, 0.1) is 12.0 Å². The summed E-state index contributed by atoms with van der Waals surface area (Å²) >= 11 is 0. The fourth-order valence-electron chi connectivity index (χ4n) is 1.94. The largest absolute Gasteiger partial charge is 0.548 e. The van der Waals surface area contributed by atoms with E-state index in [1.807, 2.05) is 30.3 Å². The third kappa shape index (κ3) is 3.45. The zero-order valence-electron chi connectivity index (χ0n) is 10.4. The summed E-state index contributed by atoms with van der Waals surface area (Å²) in [6, 6.07) is 8.25. The second-order valence-corrected chi connectivity index (χ2v) is 4.27. The minimum atomic E-state index is -1.27. The van der Waals surface area contributed by atoms with Gasteiger partial charge in [0.2, 0.25) is 0 Å². The van der Waals surface area contributed by atoms with Gasteiger partial charge in [-0.15, -0.1) is 0 Å². The van der Waals surface area contributed by atoms with Crippen LogP contribution in [0.25, 0.3) is 0 Å². The first-order valence-electron chi connectivity index (χ1n) is 6.07. The van der Waals surface area contributed by atoms with E-state index < -0.39 is 18.1 Å². The van der Waals surface area contributed by atoms with Crippen LogP contribution < -0.4 is 10.4 Å². The molecule has 0 radical (unpaired) electrons. The van der Waals surface area contributed by atoms with Crippen molar-refractivity contribution in [3.8, 4) is 0 Å². The third-order valence-corrected chi connectivity index (χ3v) is 2.96. The van der Waals surface area contributed by atoms with Crippen LogP contribution >= 0.6 is 0 Å². The van der Waals surface area contributed by atoms with Gasteiger partial charge in [-0.1, -0.05) is 30.3 Å². The van der Waals surface area contributed by atoms with Gasteiger partial charge >= 0.3 is 6.09 Å². The zero-order chi connectivity index (χ0) is 13.7. The first-order chi connectivity index (χ1) is 9.18. The van der Waals surface area contributed by atoms with Crippen molar-refractivity contribution in [1.29, 1.82) is 0 Å². The molecule has 6 heteroatoms. The van der Waals surface area contributed by atoms with Gasteiger partial charge in [-0.25, -0.2) is 4.79 Å². The molecule has 102 valence electrons. The van der Waals surface area contributed by atoms with Crippen molar-refractivity contribution in [1.82, 2.24) is 10.2 Å². The molecule has 0 bridgehead atoms. The summed E-state index contributed by atoms with van der Waals surface area (Å²) in [6.07, 6.45) is -0.625. The van der Waals surface area contributed by atoms with E-state index in [-0.39, 0.29) is 13.2 Å².